The molecule has 5 aromatic rings. The zero-order valence-electron chi connectivity index (χ0n) is 29.1. The predicted octanol–water partition coefficient (Wildman–Crippen LogP) is 9.57. The monoisotopic (exact) mass is 813 g/mol. The highest BCUT2D eigenvalue weighted by molar-refractivity contribution is 9.10. The third-order valence-corrected chi connectivity index (χ3v) is 6.65. The molecule has 0 heterocycles. The number of benzene rings is 5. The fraction of sp³-hybridized carbons (Fsp3) is 0.122. The number of carbonyl (C=O) groups excluding carboxylic acids is 4. The summed E-state index contributed by atoms with van der Waals surface area (Å²) in [6.07, 6.45) is 0. The average Bonchev–Trinajstić information content (AvgIpc) is 3.08. The second-order valence-corrected chi connectivity index (χ2v) is 12.2. The van der Waals surface area contributed by atoms with Gasteiger partial charge in [-0.1, -0.05) is 97.8 Å². The van der Waals surface area contributed by atoms with E-state index < -0.39 is 11.9 Å². The summed E-state index contributed by atoms with van der Waals surface area (Å²) in [5.74, 6) is 4.92. The number of esters is 2. The summed E-state index contributed by atoms with van der Waals surface area (Å²) in [6.45, 7) is 7.42. The number of hydrogen-bond donors (Lipinski definition) is 3. The molecule has 0 radical (unpaired) electrons. The Hall–Kier alpha value is -5.50. The quantitative estimate of drug-likeness (QED) is 0.0705. The Morgan fingerprint density at radius 2 is 0.882 bits per heavy atom. The van der Waals surface area contributed by atoms with Crippen LogP contribution in [0.3, 0.4) is 0 Å². The number of nitrogens with two attached hydrogens (primary N) is 1. The highest BCUT2D eigenvalue weighted by atomic mass is 79.9. The zero-order valence-corrected chi connectivity index (χ0v) is 32.2. The maximum atomic E-state index is 10.9. The maximum absolute atomic E-state index is 10.9. The molecule has 0 aromatic heterocycles. The lowest BCUT2D eigenvalue weighted by Crippen LogP contribution is -2.05. The van der Waals surface area contributed by atoms with E-state index in [1.807, 2.05) is 121 Å². The smallest absolute Gasteiger partial charge is 0.310 e. The SMILES string of the molecule is CC(=O)Nc1ccc(Br)cc1.CC(=O)Nc1ccc(C#Cc2ccccc2)cc1.CC(=O)OC(C)=O.Cc1ccccc1.Nc1ccc(Br)cc1. The number of amides is 2. The zero-order chi connectivity index (χ0) is 38.0. The van der Waals surface area contributed by atoms with Gasteiger partial charge < -0.3 is 21.1 Å². The fourth-order valence-corrected chi connectivity index (χ4v) is 3.97. The van der Waals surface area contributed by atoms with Gasteiger partial charge in [-0.25, -0.2) is 0 Å². The lowest BCUT2D eigenvalue weighted by Gasteiger charge is -2.00. The molecule has 5 rings (SSSR count). The van der Waals surface area contributed by atoms with Gasteiger partial charge in [0, 0.05) is 64.8 Å². The summed E-state index contributed by atoms with van der Waals surface area (Å²) in [4.78, 5) is 41.1. The number of halogens is 2. The molecular weight excluding hydrogens is 774 g/mol. The number of nitrogen functional groups attached to an aromatic ring is 1. The van der Waals surface area contributed by atoms with E-state index in [4.69, 9.17) is 5.73 Å². The minimum absolute atomic E-state index is 0.0488. The molecule has 10 heteroatoms. The van der Waals surface area contributed by atoms with Crippen molar-refractivity contribution >= 4 is 72.7 Å². The van der Waals surface area contributed by atoms with E-state index >= 15 is 0 Å². The third kappa shape index (κ3) is 24.3. The second-order valence-electron chi connectivity index (χ2n) is 10.4. The number of nitrogens with one attached hydrogen (secondary N) is 2. The van der Waals surface area contributed by atoms with Crippen LogP contribution in [0.4, 0.5) is 17.1 Å². The maximum Gasteiger partial charge on any atom is 0.310 e. The molecule has 5 aromatic carbocycles. The Morgan fingerprint density at radius 1 is 0.529 bits per heavy atom. The van der Waals surface area contributed by atoms with Gasteiger partial charge in [0.2, 0.25) is 11.8 Å². The van der Waals surface area contributed by atoms with Gasteiger partial charge in [-0.05, 0) is 91.9 Å². The first kappa shape index (κ1) is 43.5. The largest absolute Gasteiger partial charge is 0.399 e. The van der Waals surface area contributed by atoms with E-state index in [-0.39, 0.29) is 11.8 Å². The molecule has 0 spiro atoms. The number of aryl methyl sites for hydroxylation is 1. The van der Waals surface area contributed by atoms with Crippen molar-refractivity contribution in [1.29, 1.82) is 0 Å². The number of anilines is 3. The molecule has 4 N–H and O–H groups in total. The van der Waals surface area contributed by atoms with Gasteiger partial charge in [0.25, 0.3) is 0 Å². The number of carbonyl (C=O) groups is 4. The fourth-order valence-electron chi connectivity index (χ4n) is 3.44. The van der Waals surface area contributed by atoms with Crippen molar-refractivity contribution in [3.8, 4) is 11.8 Å². The van der Waals surface area contributed by atoms with E-state index in [9.17, 15) is 19.2 Å². The molecule has 0 aliphatic carbocycles. The molecule has 0 unspecified atom stereocenters. The minimum Gasteiger partial charge on any atom is -0.399 e. The van der Waals surface area contributed by atoms with Crippen molar-refractivity contribution in [2.75, 3.05) is 16.4 Å². The van der Waals surface area contributed by atoms with E-state index in [0.717, 1.165) is 37.1 Å². The summed E-state index contributed by atoms with van der Waals surface area (Å²) < 4.78 is 6.04. The van der Waals surface area contributed by atoms with Crippen LogP contribution in [0.25, 0.3) is 0 Å². The first-order valence-electron chi connectivity index (χ1n) is 15.4. The van der Waals surface area contributed by atoms with Crippen LogP contribution in [-0.2, 0) is 23.9 Å². The van der Waals surface area contributed by atoms with Crippen molar-refractivity contribution in [1.82, 2.24) is 0 Å². The van der Waals surface area contributed by atoms with Gasteiger partial charge in [-0.15, -0.1) is 0 Å². The Labute approximate surface area is 317 Å². The average molecular weight is 816 g/mol. The van der Waals surface area contributed by atoms with Gasteiger partial charge in [0.15, 0.2) is 0 Å². The number of rotatable bonds is 2. The summed E-state index contributed by atoms with van der Waals surface area (Å²) >= 11 is 6.59. The second kappa shape index (κ2) is 25.5. The van der Waals surface area contributed by atoms with Crippen LogP contribution < -0.4 is 16.4 Å². The first-order chi connectivity index (χ1) is 24.2. The first-order valence-corrected chi connectivity index (χ1v) is 17.0. The molecule has 0 atom stereocenters. The van der Waals surface area contributed by atoms with Crippen molar-refractivity contribution in [3.05, 3.63) is 159 Å². The normalized spacial score (nSPS) is 8.92. The van der Waals surface area contributed by atoms with Crippen LogP contribution in [0.15, 0.2) is 142 Å². The highest BCUT2D eigenvalue weighted by Crippen LogP contribution is 2.14. The van der Waals surface area contributed by atoms with Gasteiger partial charge >= 0.3 is 11.9 Å². The predicted molar refractivity (Wildman–Crippen MR) is 214 cm³/mol. The summed E-state index contributed by atoms with van der Waals surface area (Å²) in [5, 5.41) is 5.39. The molecule has 8 nitrogen and oxygen atoms in total. The Kier molecular flexibility index (Phi) is 21.7. The van der Waals surface area contributed by atoms with E-state index in [0.29, 0.717) is 0 Å². The van der Waals surface area contributed by atoms with Gasteiger partial charge in [0.1, 0.15) is 0 Å². The van der Waals surface area contributed by atoms with Gasteiger partial charge in [-0.2, -0.15) is 0 Å². The Balaban J connectivity index is 0.000000340. The lowest BCUT2D eigenvalue weighted by molar-refractivity contribution is -0.156. The third-order valence-electron chi connectivity index (χ3n) is 5.59. The van der Waals surface area contributed by atoms with E-state index in [2.05, 4.69) is 78.1 Å². The molecular formula is C41H41Br2N3O5. The van der Waals surface area contributed by atoms with Gasteiger partial charge in [-0.3, -0.25) is 19.2 Å². The molecule has 0 saturated heterocycles. The van der Waals surface area contributed by atoms with Crippen molar-refractivity contribution in [3.63, 3.8) is 0 Å². The standard InChI is InChI=1S/C16H13NO.C8H8BrNO.C7H8.C6H6BrN.C4H6O3/c1-13(18)17-16-11-9-15(10-12-16)8-7-14-5-3-2-4-6-14;1-6(11)10-8-4-2-7(9)3-5-8;1-7-5-3-2-4-6-7;7-5-1-3-6(8)4-2-5;1-3(5)7-4(2)6/h2-6,9-12H,1H3,(H,17,18);2-5H,1H3,(H,10,11);2-6H,1H3;1-4H,8H2;1-2H3. The Bertz CT molecular complexity index is 1810. The van der Waals surface area contributed by atoms with Crippen LogP contribution >= 0.6 is 31.9 Å². The van der Waals surface area contributed by atoms with E-state index in [1.165, 1.54) is 33.3 Å². The van der Waals surface area contributed by atoms with Crippen molar-refractivity contribution in [2.45, 2.75) is 34.6 Å². The number of ether oxygens (including phenoxy) is 1. The van der Waals surface area contributed by atoms with E-state index in [1.54, 1.807) is 0 Å². The van der Waals surface area contributed by atoms with Crippen LogP contribution in [-0.4, -0.2) is 23.8 Å². The lowest BCUT2D eigenvalue weighted by atomic mass is 10.1. The molecule has 264 valence electrons. The summed E-state index contributed by atoms with van der Waals surface area (Å²) in [6, 6.07) is 42.5. The summed E-state index contributed by atoms with van der Waals surface area (Å²) in [5.41, 5.74) is 11.0. The molecule has 2 amide bonds. The number of hydrogen-bond acceptors (Lipinski definition) is 6. The molecule has 0 aliphatic heterocycles. The van der Waals surface area contributed by atoms with Crippen LogP contribution in [0.2, 0.25) is 0 Å². The molecule has 0 saturated carbocycles. The van der Waals surface area contributed by atoms with Crippen LogP contribution in [0.5, 0.6) is 0 Å². The van der Waals surface area contributed by atoms with Crippen LogP contribution in [0.1, 0.15) is 44.4 Å². The van der Waals surface area contributed by atoms with Crippen molar-refractivity contribution in [2.24, 2.45) is 0 Å². The molecule has 0 aliphatic rings. The summed E-state index contributed by atoms with van der Waals surface area (Å²) in [7, 11) is 0. The van der Waals surface area contributed by atoms with Crippen molar-refractivity contribution < 1.29 is 23.9 Å². The molecule has 51 heavy (non-hydrogen) atoms. The minimum atomic E-state index is -0.562. The van der Waals surface area contributed by atoms with Crippen LogP contribution in [0, 0.1) is 18.8 Å². The Morgan fingerprint density at radius 3 is 1.20 bits per heavy atom. The topological polar surface area (TPSA) is 128 Å². The van der Waals surface area contributed by atoms with Gasteiger partial charge in [0.05, 0.1) is 0 Å². The molecule has 0 fully saturated rings. The molecule has 0 bridgehead atoms. The highest BCUT2D eigenvalue weighted by Gasteiger charge is 1.95.